The molecule has 0 aliphatic carbocycles. The van der Waals surface area contributed by atoms with Gasteiger partial charge in [-0.15, -0.1) is 11.3 Å². The highest BCUT2D eigenvalue weighted by atomic mass is 32.2. The second-order valence-corrected chi connectivity index (χ2v) is 10.5. The van der Waals surface area contributed by atoms with Crippen LogP contribution in [0.3, 0.4) is 0 Å². The van der Waals surface area contributed by atoms with Crippen LogP contribution in [-0.4, -0.2) is 24.6 Å². The van der Waals surface area contributed by atoms with Gasteiger partial charge in [-0.1, -0.05) is 12.1 Å². The van der Waals surface area contributed by atoms with Gasteiger partial charge in [0.25, 0.3) is 0 Å². The van der Waals surface area contributed by atoms with E-state index in [4.69, 9.17) is 0 Å². The summed E-state index contributed by atoms with van der Waals surface area (Å²) >= 11 is 1.52. The number of benzene rings is 2. The topological polar surface area (TPSA) is 111 Å². The molecular weight excluding hydrogens is 454 g/mol. The Bertz CT molecular complexity index is 1660. The number of thiophene rings is 1. The van der Waals surface area contributed by atoms with Crippen molar-refractivity contribution in [2.24, 2.45) is 0 Å². The molecule has 0 aliphatic heterocycles. The van der Waals surface area contributed by atoms with Crippen LogP contribution in [0.4, 0.5) is 17.1 Å². The van der Waals surface area contributed by atoms with Crippen molar-refractivity contribution in [1.29, 1.82) is 5.26 Å². The van der Waals surface area contributed by atoms with E-state index in [1.807, 2.05) is 49.5 Å². The van der Waals surface area contributed by atoms with Crippen LogP contribution < -0.4 is 10.0 Å². The van der Waals surface area contributed by atoms with E-state index in [0.717, 1.165) is 54.8 Å². The number of aromatic amines is 1. The van der Waals surface area contributed by atoms with Gasteiger partial charge >= 0.3 is 0 Å². The smallest absolute Gasteiger partial charge is 0.229 e. The lowest BCUT2D eigenvalue weighted by Gasteiger charge is -2.12. The Kier molecular flexibility index (Phi) is 5.04. The van der Waals surface area contributed by atoms with E-state index in [2.05, 4.69) is 26.1 Å². The standard InChI is InChI=1S/C24H19N5O2S2/c1-14-18-9-10-26-21(18)8-7-20(14)28-23-16(12-25)13-27-24-19(23)11-22(32-24)15-3-5-17(6-4-15)29-33(2,30)31/h3-11,13,26,29H,1-2H3,(H,27,28). The molecular formula is C24H19N5O2S2. The highest BCUT2D eigenvalue weighted by Crippen LogP contribution is 2.39. The summed E-state index contributed by atoms with van der Waals surface area (Å²) in [7, 11) is -3.33. The molecule has 2 aromatic carbocycles. The average Bonchev–Trinajstić information content (AvgIpc) is 3.43. The molecule has 5 rings (SSSR count). The number of hydrogen-bond acceptors (Lipinski definition) is 6. The van der Waals surface area contributed by atoms with Crippen molar-refractivity contribution >= 4 is 59.5 Å². The Hall–Kier alpha value is -3.87. The summed E-state index contributed by atoms with van der Waals surface area (Å²) in [6.45, 7) is 2.05. The zero-order valence-corrected chi connectivity index (χ0v) is 19.4. The summed E-state index contributed by atoms with van der Waals surface area (Å²) in [5.41, 5.74) is 5.70. The van der Waals surface area contributed by atoms with E-state index in [0.29, 0.717) is 11.3 Å². The molecule has 3 heterocycles. The number of nitrogens with zero attached hydrogens (tertiary/aromatic N) is 2. The molecule has 0 atom stereocenters. The molecule has 7 nitrogen and oxygen atoms in total. The van der Waals surface area contributed by atoms with Crippen LogP contribution >= 0.6 is 11.3 Å². The Morgan fingerprint density at radius 1 is 1.09 bits per heavy atom. The van der Waals surface area contributed by atoms with Crippen molar-refractivity contribution < 1.29 is 8.42 Å². The molecule has 9 heteroatoms. The molecule has 0 spiro atoms. The molecule has 5 aromatic rings. The number of H-pyrrole nitrogens is 1. The van der Waals surface area contributed by atoms with Crippen LogP contribution in [0.2, 0.25) is 0 Å². The summed E-state index contributed by atoms with van der Waals surface area (Å²) < 4.78 is 25.4. The number of sulfonamides is 1. The number of nitriles is 1. The third kappa shape index (κ3) is 4.02. The highest BCUT2D eigenvalue weighted by Gasteiger charge is 2.15. The monoisotopic (exact) mass is 473 g/mol. The number of aryl methyl sites for hydroxylation is 1. The Labute approximate surface area is 194 Å². The molecule has 164 valence electrons. The van der Waals surface area contributed by atoms with Crippen LogP contribution in [-0.2, 0) is 10.0 Å². The Morgan fingerprint density at radius 2 is 1.88 bits per heavy atom. The summed E-state index contributed by atoms with van der Waals surface area (Å²) in [5, 5.41) is 15.2. The highest BCUT2D eigenvalue weighted by molar-refractivity contribution is 7.92. The van der Waals surface area contributed by atoms with Gasteiger partial charge in [-0.05, 0) is 54.4 Å². The lowest BCUT2D eigenvalue weighted by molar-refractivity contribution is 0.607. The maximum absolute atomic E-state index is 11.4. The maximum Gasteiger partial charge on any atom is 0.229 e. The van der Waals surface area contributed by atoms with E-state index < -0.39 is 10.0 Å². The summed E-state index contributed by atoms with van der Waals surface area (Å²) in [6.07, 6.45) is 4.62. The molecule has 0 fully saturated rings. The van der Waals surface area contributed by atoms with Gasteiger partial charge < -0.3 is 10.3 Å². The van der Waals surface area contributed by atoms with Crippen molar-refractivity contribution in [2.75, 3.05) is 16.3 Å². The molecule has 0 bridgehead atoms. The molecule has 0 unspecified atom stereocenters. The normalized spacial score (nSPS) is 11.5. The fourth-order valence-corrected chi connectivity index (χ4v) is 5.40. The van der Waals surface area contributed by atoms with Gasteiger partial charge in [-0.3, -0.25) is 4.72 Å². The first-order valence-corrected chi connectivity index (χ1v) is 12.8. The van der Waals surface area contributed by atoms with Crippen LogP contribution in [0, 0.1) is 18.3 Å². The van der Waals surface area contributed by atoms with Crippen LogP contribution in [0.5, 0.6) is 0 Å². The number of rotatable bonds is 5. The van der Waals surface area contributed by atoms with Crippen LogP contribution in [0.1, 0.15) is 11.1 Å². The van der Waals surface area contributed by atoms with Crippen molar-refractivity contribution in [3.05, 3.63) is 72.1 Å². The molecule has 33 heavy (non-hydrogen) atoms. The molecule has 3 N–H and O–H groups in total. The van der Waals surface area contributed by atoms with Crippen molar-refractivity contribution in [3.63, 3.8) is 0 Å². The van der Waals surface area contributed by atoms with Gasteiger partial charge in [-0.2, -0.15) is 5.26 Å². The SMILES string of the molecule is Cc1c(Nc2c(C#N)cnc3sc(-c4ccc(NS(C)(=O)=O)cc4)cc23)ccc2[nH]ccc12. The van der Waals surface area contributed by atoms with Crippen LogP contribution in [0.25, 0.3) is 31.6 Å². The second-order valence-electron chi connectivity index (χ2n) is 7.74. The number of aromatic nitrogens is 2. The largest absolute Gasteiger partial charge is 0.361 e. The van der Waals surface area contributed by atoms with Crippen molar-refractivity contribution in [1.82, 2.24) is 9.97 Å². The van der Waals surface area contributed by atoms with E-state index >= 15 is 0 Å². The first kappa shape index (κ1) is 21.0. The minimum atomic E-state index is -3.33. The lowest BCUT2D eigenvalue weighted by Crippen LogP contribution is -2.09. The van der Waals surface area contributed by atoms with Gasteiger partial charge in [0, 0.05) is 44.9 Å². The van der Waals surface area contributed by atoms with E-state index in [1.54, 1.807) is 18.3 Å². The fourth-order valence-electron chi connectivity index (χ4n) is 3.82. The van der Waals surface area contributed by atoms with E-state index in [-0.39, 0.29) is 0 Å². The summed E-state index contributed by atoms with van der Waals surface area (Å²) in [5.74, 6) is 0. The molecule has 0 saturated carbocycles. The van der Waals surface area contributed by atoms with E-state index in [1.165, 1.54) is 11.3 Å². The van der Waals surface area contributed by atoms with Crippen molar-refractivity contribution in [3.8, 4) is 16.5 Å². The molecule has 0 saturated heterocycles. The van der Waals surface area contributed by atoms with Gasteiger partial charge in [0.2, 0.25) is 10.0 Å². The first-order chi connectivity index (χ1) is 15.8. The minimum Gasteiger partial charge on any atom is -0.361 e. The fraction of sp³-hybridized carbons (Fsp3) is 0.0833. The second kappa shape index (κ2) is 7.92. The predicted molar refractivity (Wildman–Crippen MR) is 135 cm³/mol. The molecule has 0 amide bonds. The number of fused-ring (bicyclic) bond motifs is 2. The summed E-state index contributed by atoms with van der Waals surface area (Å²) in [6, 6.07) is 17.5. The zero-order valence-electron chi connectivity index (χ0n) is 17.8. The average molecular weight is 474 g/mol. The third-order valence-corrected chi connectivity index (χ3v) is 7.12. The number of pyridine rings is 1. The van der Waals surface area contributed by atoms with Crippen LogP contribution in [0.15, 0.2) is 60.9 Å². The van der Waals surface area contributed by atoms with Gasteiger partial charge in [0.05, 0.1) is 17.5 Å². The summed E-state index contributed by atoms with van der Waals surface area (Å²) in [4.78, 5) is 9.49. The van der Waals surface area contributed by atoms with Gasteiger partial charge in [0.1, 0.15) is 10.9 Å². The zero-order chi connectivity index (χ0) is 23.2. The third-order valence-electron chi connectivity index (χ3n) is 5.42. The molecule has 0 aliphatic rings. The Balaban J connectivity index is 1.56. The first-order valence-electron chi connectivity index (χ1n) is 10.1. The maximum atomic E-state index is 11.4. The van der Waals surface area contributed by atoms with Crippen molar-refractivity contribution in [2.45, 2.75) is 6.92 Å². The lowest BCUT2D eigenvalue weighted by atomic mass is 10.1. The predicted octanol–water partition coefficient (Wildman–Crippen LogP) is 5.74. The number of anilines is 3. The quantitative estimate of drug-likeness (QED) is 0.301. The Morgan fingerprint density at radius 3 is 2.61 bits per heavy atom. The number of nitrogens with one attached hydrogen (secondary N) is 3. The molecule has 3 aromatic heterocycles. The van der Waals surface area contributed by atoms with E-state index in [9.17, 15) is 13.7 Å². The minimum absolute atomic E-state index is 0.466. The molecule has 0 radical (unpaired) electrons. The number of hydrogen-bond donors (Lipinski definition) is 3. The van der Waals surface area contributed by atoms with Gasteiger partial charge in [-0.25, -0.2) is 13.4 Å². The van der Waals surface area contributed by atoms with Gasteiger partial charge in [0.15, 0.2) is 0 Å².